The third kappa shape index (κ3) is 5.71. The van der Waals surface area contributed by atoms with E-state index in [1.165, 1.54) is 0 Å². The van der Waals surface area contributed by atoms with Gasteiger partial charge in [0.25, 0.3) is 14.3 Å². The summed E-state index contributed by atoms with van der Waals surface area (Å²) in [4.78, 5) is 12.0. The third-order valence-corrected chi connectivity index (χ3v) is 8.32. The lowest BCUT2D eigenvalue weighted by Gasteiger charge is -2.31. The fraction of sp³-hybridized carbons (Fsp3) is 0.929. The van der Waals surface area contributed by atoms with E-state index in [4.69, 9.17) is 4.43 Å². The molecule has 0 rings (SSSR count). The minimum absolute atomic E-state index is 0.0505. The van der Waals surface area contributed by atoms with Gasteiger partial charge >= 0.3 is 0 Å². The molecule has 0 aliphatic carbocycles. The van der Waals surface area contributed by atoms with Crippen LogP contribution >= 0.6 is 0 Å². The summed E-state index contributed by atoms with van der Waals surface area (Å²) in [6, 6.07) is 3.41. The molecule has 0 aliphatic heterocycles. The molecule has 0 aromatic carbocycles. The summed E-state index contributed by atoms with van der Waals surface area (Å²) in [6.07, 6.45) is 4.30. The summed E-state index contributed by atoms with van der Waals surface area (Å²) in [6.45, 7) is 10.6. The van der Waals surface area contributed by atoms with Crippen LogP contribution in [0.5, 0.6) is 0 Å². The first kappa shape index (κ1) is 16.7. The maximum Gasteiger partial charge on any atom is 0.295 e. The van der Waals surface area contributed by atoms with Crippen LogP contribution in [0.2, 0.25) is 18.1 Å². The van der Waals surface area contributed by atoms with Crippen molar-refractivity contribution >= 4 is 14.3 Å². The first-order valence-electron chi connectivity index (χ1n) is 7.28. The van der Waals surface area contributed by atoms with Crippen molar-refractivity contribution in [3.8, 4) is 0 Å². The fourth-order valence-corrected chi connectivity index (χ4v) is 6.79. The molecule has 0 saturated heterocycles. The van der Waals surface area contributed by atoms with Crippen molar-refractivity contribution in [3.05, 3.63) is 0 Å². The van der Waals surface area contributed by atoms with Crippen molar-refractivity contribution < 1.29 is 9.22 Å². The van der Waals surface area contributed by atoms with E-state index in [9.17, 15) is 4.79 Å². The van der Waals surface area contributed by atoms with Crippen LogP contribution in [-0.4, -0.2) is 14.3 Å². The zero-order valence-electron chi connectivity index (χ0n) is 12.3. The quantitative estimate of drug-likeness (QED) is 0.558. The number of hydrogen-bond donors (Lipinski definition) is 0. The van der Waals surface area contributed by atoms with Crippen molar-refractivity contribution in [2.24, 2.45) is 5.92 Å². The van der Waals surface area contributed by atoms with Crippen LogP contribution in [0.4, 0.5) is 0 Å². The van der Waals surface area contributed by atoms with Gasteiger partial charge in [0.15, 0.2) is 0 Å². The predicted molar refractivity (Wildman–Crippen MR) is 76.6 cm³/mol. The Morgan fingerprint density at radius 1 is 1.00 bits per heavy atom. The Morgan fingerprint density at radius 3 is 1.71 bits per heavy atom. The van der Waals surface area contributed by atoms with Gasteiger partial charge in [-0.05, 0) is 24.6 Å². The normalized spacial score (nSPS) is 13.5. The molecule has 0 spiro atoms. The second kappa shape index (κ2) is 8.73. The SMILES string of the molecule is CCC[Si](CCC)(CCC)OC(=O)C(C)CC. The second-order valence-electron chi connectivity index (χ2n) is 5.16. The molecule has 102 valence electrons. The molecule has 0 bridgehead atoms. The average molecular weight is 258 g/mol. The number of carbonyl (C=O) groups excluding carboxylic acids is 1. The van der Waals surface area contributed by atoms with Crippen LogP contribution in [0, 0.1) is 5.92 Å². The minimum Gasteiger partial charge on any atom is -0.519 e. The molecule has 0 radical (unpaired) electrons. The molecule has 2 nitrogen and oxygen atoms in total. The monoisotopic (exact) mass is 258 g/mol. The molecule has 0 aromatic heterocycles. The van der Waals surface area contributed by atoms with Crippen LogP contribution in [0.1, 0.15) is 60.3 Å². The standard InChI is InChI=1S/C14H30O2Si/c1-6-10-17(11-7-2,12-8-3)16-14(15)13(5)9-4/h13H,6-12H2,1-5H3. The maximum absolute atomic E-state index is 12.0. The predicted octanol–water partition coefficient (Wildman–Crippen LogP) is 4.75. The minimum atomic E-state index is -1.79. The zero-order chi connectivity index (χ0) is 13.3. The Kier molecular flexibility index (Phi) is 8.57. The van der Waals surface area contributed by atoms with Crippen molar-refractivity contribution in [1.29, 1.82) is 0 Å². The molecular formula is C14H30O2Si. The lowest BCUT2D eigenvalue weighted by molar-refractivity contribution is -0.139. The van der Waals surface area contributed by atoms with Crippen LogP contribution in [-0.2, 0) is 9.22 Å². The smallest absolute Gasteiger partial charge is 0.295 e. The fourth-order valence-electron chi connectivity index (χ4n) is 2.38. The highest BCUT2D eigenvalue weighted by Gasteiger charge is 2.36. The molecule has 0 fully saturated rings. The molecule has 17 heavy (non-hydrogen) atoms. The summed E-state index contributed by atoms with van der Waals surface area (Å²) in [7, 11) is -1.79. The largest absolute Gasteiger partial charge is 0.519 e. The van der Waals surface area contributed by atoms with E-state index in [1.807, 2.05) is 6.92 Å². The second-order valence-corrected chi connectivity index (χ2v) is 9.23. The Hall–Kier alpha value is -0.313. The summed E-state index contributed by atoms with van der Waals surface area (Å²) >= 11 is 0. The van der Waals surface area contributed by atoms with E-state index >= 15 is 0 Å². The Labute approximate surface area is 108 Å². The topological polar surface area (TPSA) is 26.3 Å². The highest BCUT2D eigenvalue weighted by molar-refractivity contribution is 6.75. The maximum atomic E-state index is 12.0. The Balaban J connectivity index is 4.69. The first-order valence-corrected chi connectivity index (χ1v) is 9.81. The van der Waals surface area contributed by atoms with Gasteiger partial charge in [0.05, 0.1) is 5.92 Å². The highest BCUT2D eigenvalue weighted by Crippen LogP contribution is 2.28. The van der Waals surface area contributed by atoms with Crippen LogP contribution in [0.15, 0.2) is 0 Å². The van der Waals surface area contributed by atoms with Gasteiger partial charge in [-0.25, -0.2) is 0 Å². The van der Waals surface area contributed by atoms with Crippen molar-refractivity contribution in [2.45, 2.75) is 78.4 Å². The van der Waals surface area contributed by atoms with E-state index in [0.717, 1.165) is 43.8 Å². The molecule has 0 heterocycles. The van der Waals surface area contributed by atoms with E-state index in [1.54, 1.807) is 0 Å². The molecule has 0 N–H and O–H groups in total. The molecule has 0 aliphatic rings. The van der Waals surface area contributed by atoms with Gasteiger partial charge in [-0.3, -0.25) is 4.79 Å². The van der Waals surface area contributed by atoms with Gasteiger partial charge in [-0.2, -0.15) is 0 Å². The molecule has 3 heteroatoms. The summed E-state index contributed by atoms with van der Waals surface area (Å²) < 4.78 is 6.01. The number of hydrogen-bond acceptors (Lipinski definition) is 2. The first-order chi connectivity index (χ1) is 8.05. The van der Waals surface area contributed by atoms with Crippen LogP contribution in [0.3, 0.4) is 0 Å². The molecular weight excluding hydrogens is 228 g/mol. The molecule has 0 amide bonds. The molecule has 0 saturated carbocycles. The summed E-state index contributed by atoms with van der Waals surface area (Å²) in [5.41, 5.74) is 0. The Bertz CT molecular complexity index is 199. The van der Waals surface area contributed by atoms with Crippen molar-refractivity contribution in [1.82, 2.24) is 0 Å². The van der Waals surface area contributed by atoms with Gasteiger partial charge in [-0.1, -0.05) is 53.9 Å². The number of rotatable bonds is 9. The van der Waals surface area contributed by atoms with Gasteiger partial charge in [-0.15, -0.1) is 0 Å². The molecule has 1 unspecified atom stereocenters. The van der Waals surface area contributed by atoms with Crippen molar-refractivity contribution in [2.75, 3.05) is 0 Å². The third-order valence-electron chi connectivity index (χ3n) is 3.45. The lowest BCUT2D eigenvalue weighted by Crippen LogP contribution is -2.41. The van der Waals surface area contributed by atoms with Crippen molar-refractivity contribution in [3.63, 3.8) is 0 Å². The van der Waals surface area contributed by atoms with E-state index < -0.39 is 8.32 Å². The van der Waals surface area contributed by atoms with E-state index in [-0.39, 0.29) is 11.9 Å². The van der Waals surface area contributed by atoms with Gasteiger partial charge in [0.1, 0.15) is 0 Å². The highest BCUT2D eigenvalue weighted by atomic mass is 28.4. The summed E-state index contributed by atoms with van der Waals surface area (Å²) in [5.74, 6) is 0.113. The van der Waals surface area contributed by atoms with E-state index in [0.29, 0.717) is 0 Å². The molecule has 1 atom stereocenters. The van der Waals surface area contributed by atoms with Crippen LogP contribution in [0.25, 0.3) is 0 Å². The average Bonchev–Trinajstić information content (AvgIpc) is 2.28. The lowest BCUT2D eigenvalue weighted by atomic mass is 10.1. The summed E-state index contributed by atoms with van der Waals surface area (Å²) in [5, 5.41) is 0. The number of carbonyl (C=O) groups is 1. The Morgan fingerprint density at radius 2 is 1.41 bits per heavy atom. The van der Waals surface area contributed by atoms with Crippen LogP contribution < -0.4 is 0 Å². The van der Waals surface area contributed by atoms with E-state index in [2.05, 4.69) is 27.7 Å². The molecule has 0 aromatic rings. The zero-order valence-corrected chi connectivity index (χ0v) is 13.3. The van der Waals surface area contributed by atoms with Gasteiger partial charge in [0, 0.05) is 0 Å². The van der Waals surface area contributed by atoms with Gasteiger partial charge in [0.2, 0.25) is 0 Å². The van der Waals surface area contributed by atoms with Gasteiger partial charge < -0.3 is 4.43 Å².